The molecule has 0 radical (unpaired) electrons. The number of anilines is 1. The molecule has 3 aromatic carbocycles. The second kappa shape index (κ2) is 11.3. The molecule has 0 fully saturated rings. The summed E-state index contributed by atoms with van der Waals surface area (Å²) in [5, 5.41) is 5.28. The lowest BCUT2D eigenvalue weighted by Gasteiger charge is -2.29. The van der Waals surface area contributed by atoms with Crippen LogP contribution in [0.2, 0.25) is 10.0 Å². The van der Waals surface area contributed by atoms with E-state index in [0.29, 0.717) is 33.2 Å². The predicted molar refractivity (Wildman–Crippen MR) is 147 cm³/mol. The summed E-state index contributed by atoms with van der Waals surface area (Å²) in [6, 6.07) is 15.0. The van der Waals surface area contributed by atoms with E-state index in [1.807, 2.05) is 25.1 Å². The minimum atomic E-state index is -3.70. The highest BCUT2D eigenvalue weighted by atomic mass is 35.5. The van der Waals surface area contributed by atoms with E-state index in [9.17, 15) is 18.0 Å². The molecule has 0 bridgehead atoms. The molecule has 1 aliphatic heterocycles. The van der Waals surface area contributed by atoms with Gasteiger partial charge in [-0.2, -0.15) is 0 Å². The topological polar surface area (TPSA) is 86.8 Å². The molecule has 7 nitrogen and oxygen atoms in total. The van der Waals surface area contributed by atoms with Gasteiger partial charge in [-0.05, 0) is 55.0 Å². The van der Waals surface area contributed by atoms with Crippen molar-refractivity contribution in [2.45, 2.75) is 50.6 Å². The number of benzene rings is 3. The Morgan fingerprint density at radius 2 is 1.81 bits per heavy atom. The average Bonchev–Trinajstić information content (AvgIpc) is 3.09. The van der Waals surface area contributed by atoms with Gasteiger partial charge in [-0.1, -0.05) is 60.5 Å². The van der Waals surface area contributed by atoms with Crippen LogP contribution in [0.25, 0.3) is 10.8 Å². The van der Waals surface area contributed by atoms with E-state index in [1.54, 1.807) is 43.3 Å². The smallest absolute Gasteiger partial charge is 0.265 e. The third kappa shape index (κ3) is 5.56. The fraction of sp³-hybridized carbons (Fsp3) is 0.333. The van der Waals surface area contributed by atoms with Crippen molar-refractivity contribution in [2.24, 2.45) is 0 Å². The zero-order valence-corrected chi connectivity index (χ0v) is 23.0. The van der Waals surface area contributed by atoms with Gasteiger partial charge in [0.15, 0.2) is 0 Å². The van der Waals surface area contributed by atoms with Gasteiger partial charge < -0.3 is 10.2 Å². The largest absolute Gasteiger partial charge is 0.354 e. The number of halogens is 2. The van der Waals surface area contributed by atoms with Crippen LogP contribution in [0.15, 0.2) is 59.5 Å². The van der Waals surface area contributed by atoms with Gasteiger partial charge >= 0.3 is 0 Å². The molecule has 2 amide bonds. The Balaban J connectivity index is 1.50. The first-order chi connectivity index (χ1) is 17.6. The summed E-state index contributed by atoms with van der Waals surface area (Å²) >= 11 is 12.4. The number of nitrogens with one attached hydrogen (secondary N) is 1. The molecule has 3 aromatic rings. The molecule has 0 aliphatic carbocycles. The molecule has 4 rings (SSSR count). The molecule has 37 heavy (non-hydrogen) atoms. The van der Waals surface area contributed by atoms with E-state index in [1.165, 1.54) is 9.21 Å². The Labute approximate surface area is 227 Å². The summed E-state index contributed by atoms with van der Waals surface area (Å²) in [4.78, 5) is 27.9. The molecule has 1 N–H and O–H groups in total. The van der Waals surface area contributed by atoms with Gasteiger partial charge in [-0.15, -0.1) is 0 Å². The van der Waals surface area contributed by atoms with Gasteiger partial charge in [0.05, 0.1) is 10.6 Å². The lowest BCUT2D eigenvalue weighted by atomic mass is 10.1. The van der Waals surface area contributed by atoms with Gasteiger partial charge in [-0.3, -0.25) is 13.9 Å². The van der Waals surface area contributed by atoms with Crippen LogP contribution in [0.3, 0.4) is 0 Å². The Morgan fingerprint density at radius 1 is 1.08 bits per heavy atom. The summed E-state index contributed by atoms with van der Waals surface area (Å²) < 4.78 is 27.8. The van der Waals surface area contributed by atoms with Crippen molar-refractivity contribution in [3.63, 3.8) is 0 Å². The van der Waals surface area contributed by atoms with Crippen molar-refractivity contribution < 1.29 is 18.0 Å². The van der Waals surface area contributed by atoms with E-state index in [-0.39, 0.29) is 42.6 Å². The SMILES string of the molecule is CCCNC(=O)[C@H](C)N(Cc1ccc(Cl)cc1Cl)C(=O)CCCN1c2cccc3cccc(c23)S1(=O)=O. The second-order valence-corrected chi connectivity index (χ2v) is 11.7. The van der Waals surface area contributed by atoms with Gasteiger partial charge in [0.1, 0.15) is 6.04 Å². The average molecular weight is 563 g/mol. The standard InChI is InChI=1S/C27H29Cl2N3O4S/c1-3-14-30-27(34)18(2)31(17-20-12-13-21(28)16-22(20)29)25(33)11-6-15-32-23-9-4-7-19-8-5-10-24(26(19)23)37(32,35)36/h4-5,7-10,12-13,16,18H,3,6,11,14-15,17H2,1-2H3,(H,30,34)/t18-/m0/s1. The molecule has 0 saturated heterocycles. The molecule has 1 heterocycles. The van der Waals surface area contributed by atoms with Crippen molar-refractivity contribution in [1.29, 1.82) is 0 Å². The Hall–Kier alpha value is -2.81. The lowest BCUT2D eigenvalue weighted by molar-refractivity contribution is -0.140. The molecular weight excluding hydrogens is 533 g/mol. The number of sulfonamides is 1. The van der Waals surface area contributed by atoms with Crippen molar-refractivity contribution >= 4 is 61.5 Å². The molecule has 1 aliphatic rings. The first-order valence-corrected chi connectivity index (χ1v) is 14.4. The summed E-state index contributed by atoms with van der Waals surface area (Å²) in [7, 11) is -3.70. The lowest BCUT2D eigenvalue weighted by Crippen LogP contribution is -2.47. The third-order valence-corrected chi connectivity index (χ3v) is 8.95. The fourth-order valence-corrected chi connectivity index (χ4v) is 6.75. The van der Waals surface area contributed by atoms with Crippen LogP contribution < -0.4 is 9.62 Å². The monoisotopic (exact) mass is 561 g/mol. The van der Waals surface area contributed by atoms with Crippen LogP contribution >= 0.6 is 23.2 Å². The van der Waals surface area contributed by atoms with Crippen LogP contribution in [-0.2, 0) is 26.2 Å². The van der Waals surface area contributed by atoms with E-state index in [2.05, 4.69) is 5.32 Å². The van der Waals surface area contributed by atoms with E-state index in [0.717, 1.165) is 11.8 Å². The Kier molecular flexibility index (Phi) is 8.31. The number of hydrogen-bond acceptors (Lipinski definition) is 4. The number of hydrogen-bond donors (Lipinski definition) is 1. The second-order valence-electron chi connectivity index (χ2n) is 9.04. The molecule has 0 saturated carbocycles. The highest BCUT2D eigenvalue weighted by molar-refractivity contribution is 7.93. The first kappa shape index (κ1) is 27.2. The van der Waals surface area contributed by atoms with Crippen molar-refractivity contribution in [3.05, 3.63) is 70.2 Å². The van der Waals surface area contributed by atoms with Gasteiger partial charge in [-0.25, -0.2) is 8.42 Å². The predicted octanol–water partition coefficient (Wildman–Crippen LogP) is 5.38. The summed E-state index contributed by atoms with van der Waals surface area (Å²) in [6.45, 7) is 4.41. The van der Waals surface area contributed by atoms with Crippen LogP contribution in [-0.4, -0.2) is 44.3 Å². The van der Waals surface area contributed by atoms with Crippen LogP contribution in [0, 0.1) is 0 Å². The molecule has 0 unspecified atom stereocenters. The number of amides is 2. The first-order valence-electron chi connectivity index (χ1n) is 12.2. The zero-order valence-electron chi connectivity index (χ0n) is 20.7. The maximum atomic E-state index is 13.4. The highest BCUT2D eigenvalue weighted by Gasteiger charge is 2.35. The van der Waals surface area contributed by atoms with Gasteiger partial charge in [0.2, 0.25) is 11.8 Å². The van der Waals surface area contributed by atoms with Crippen LogP contribution in [0.1, 0.15) is 38.7 Å². The van der Waals surface area contributed by atoms with E-state index < -0.39 is 16.1 Å². The minimum absolute atomic E-state index is 0.0644. The fourth-order valence-electron chi connectivity index (χ4n) is 4.53. The Bertz CT molecular complexity index is 1440. The van der Waals surface area contributed by atoms with E-state index in [4.69, 9.17) is 23.2 Å². The third-order valence-electron chi connectivity index (χ3n) is 6.51. The number of carbonyl (C=O) groups excluding carboxylic acids is 2. The molecular formula is C27H29Cl2N3O4S. The molecule has 1 atom stereocenters. The van der Waals surface area contributed by atoms with Crippen molar-refractivity contribution in [1.82, 2.24) is 10.2 Å². The molecule has 10 heteroatoms. The number of rotatable bonds is 10. The quantitative estimate of drug-likeness (QED) is 0.360. The molecule has 0 aromatic heterocycles. The Morgan fingerprint density at radius 3 is 2.51 bits per heavy atom. The summed E-state index contributed by atoms with van der Waals surface area (Å²) in [5.74, 6) is -0.526. The maximum absolute atomic E-state index is 13.4. The zero-order chi connectivity index (χ0) is 26.7. The molecule has 0 spiro atoms. The van der Waals surface area contributed by atoms with Gasteiger partial charge in [0.25, 0.3) is 10.0 Å². The number of nitrogens with zero attached hydrogens (tertiary/aromatic N) is 2. The highest BCUT2D eigenvalue weighted by Crippen LogP contribution is 2.42. The van der Waals surface area contributed by atoms with Crippen LogP contribution in [0.5, 0.6) is 0 Å². The van der Waals surface area contributed by atoms with Gasteiger partial charge in [0, 0.05) is 41.5 Å². The summed E-state index contributed by atoms with van der Waals surface area (Å²) in [6.07, 6.45) is 1.13. The van der Waals surface area contributed by atoms with E-state index >= 15 is 0 Å². The molecule has 196 valence electrons. The summed E-state index contributed by atoms with van der Waals surface area (Å²) in [5.41, 5.74) is 1.29. The van der Waals surface area contributed by atoms with Crippen LogP contribution in [0.4, 0.5) is 5.69 Å². The van der Waals surface area contributed by atoms with Crippen molar-refractivity contribution in [3.8, 4) is 0 Å². The van der Waals surface area contributed by atoms with Crippen molar-refractivity contribution in [2.75, 3.05) is 17.4 Å². The minimum Gasteiger partial charge on any atom is -0.354 e. The maximum Gasteiger partial charge on any atom is 0.265 e. The normalized spacial score (nSPS) is 14.5. The number of carbonyl (C=O) groups is 2.